The molecule has 1 aromatic rings. The molecule has 0 saturated heterocycles. The Morgan fingerprint density at radius 3 is 2.57 bits per heavy atom. The third kappa shape index (κ3) is 4.29. The van der Waals surface area contributed by atoms with Gasteiger partial charge in [0.2, 0.25) is 5.91 Å². The summed E-state index contributed by atoms with van der Waals surface area (Å²) < 4.78 is 2.39. The zero-order chi connectivity index (χ0) is 16.2. The number of nitrogens with one attached hydrogen (secondary N) is 1. The van der Waals surface area contributed by atoms with Crippen LogP contribution in [0.4, 0.5) is 0 Å². The maximum absolute atomic E-state index is 12.0. The summed E-state index contributed by atoms with van der Waals surface area (Å²) in [4.78, 5) is 37.1. The molecule has 1 heterocycles. The van der Waals surface area contributed by atoms with E-state index in [4.69, 9.17) is 0 Å². The molecule has 1 N–H and O–H groups in total. The minimum atomic E-state index is -0.379. The Balaban J connectivity index is 2.80. The summed E-state index contributed by atoms with van der Waals surface area (Å²) in [5, 5.41) is 3.12. The van der Waals surface area contributed by atoms with E-state index >= 15 is 0 Å². The van der Waals surface area contributed by atoms with Gasteiger partial charge in [0, 0.05) is 33.4 Å². The summed E-state index contributed by atoms with van der Waals surface area (Å²) in [7, 11) is 4.66. The van der Waals surface area contributed by atoms with Crippen molar-refractivity contribution in [2.24, 2.45) is 14.1 Å². The lowest BCUT2D eigenvalue weighted by molar-refractivity contribution is -0.129. The highest BCUT2D eigenvalue weighted by Crippen LogP contribution is 1.97. The van der Waals surface area contributed by atoms with Crippen molar-refractivity contribution in [1.82, 2.24) is 19.4 Å². The van der Waals surface area contributed by atoms with Crippen molar-refractivity contribution < 1.29 is 4.79 Å². The van der Waals surface area contributed by atoms with E-state index in [1.54, 1.807) is 14.1 Å². The first kappa shape index (κ1) is 17.2. The van der Waals surface area contributed by atoms with E-state index in [0.717, 1.165) is 11.0 Å². The predicted octanol–water partition coefficient (Wildman–Crippen LogP) is -0.569. The van der Waals surface area contributed by atoms with Crippen LogP contribution < -0.4 is 16.6 Å². The monoisotopic (exact) mass is 296 g/mol. The first-order valence-electron chi connectivity index (χ1n) is 7.00. The zero-order valence-corrected chi connectivity index (χ0v) is 13.3. The Morgan fingerprint density at radius 1 is 1.38 bits per heavy atom. The van der Waals surface area contributed by atoms with E-state index in [9.17, 15) is 14.4 Å². The molecule has 0 fully saturated rings. The maximum atomic E-state index is 12.0. The minimum absolute atomic E-state index is 0.0915. The lowest BCUT2D eigenvalue weighted by Crippen LogP contribution is -2.42. The van der Waals surface area contributed by atoms with Crippen LogP contribution in [-0.2, 0) is 25.4 Å². The van der Waals surface area contributed by atoms with Gasteiger partial charge in [0.1, 0.15) is 0 Å². The van der Waals surface area contributed by atoms with Crippen molar-refractivity contribution in [2.45, 2.75) is 32.9 Å². The van der Waals surface area contributed by atoms with Gasteiger partial charge in [0.25, 0.3) is 5.56 Å². The van der Waals surface area contributed by atoms with Crippen molar-refractivity contribution in [3.8, 4) is 0 Å². The van der Waals surface area contributed by atoms with Gasteiger partial charge in [0.05, 0.1) is 18.7 Å². The Hall–Kier alpha value is -1.89. The Kier molecular flexibility index (Phi) is 5.90. The highest BCUT2D eigenvalue weighted by atomic mass is 16.2. The second kappa shape index (κ2) is 7.21. The average Bonchev–Trinajstić information content (AvgIpc) is 2.47. The third-order valence-electron chi connectivity index (χ3n) is 3.56. The molecule has 7 heteroatoms. The molecule has 0 aliphatic carbocycles. The molecule has 118 valence electrons. The van der Waals surface area contributed by atoms with Crippen molar-refractivity contribution in [2.75, 3.05) is 13.6 Å². The number of amides is 1. The van der Waals surface area contributed by atoms with Gasteiger partial charge in [-0.05, 0) is 13.3 Å². The van der Waals surface area contributed by atoms with Crippen LogP contribution in [0.5, 0.6) is 0 Å². The highest BCUT2D eigenvalue weighted by Gasteiger charge is 2.14. The minimum Gasteiger partial charge on any atom is -0.340 e. The molecule has 0 aliphatic rings. The number of aryl methyl sites for hydroxylation is 1. The molecule has 1 atom stereocenters. The summed E-state index contributed by atoms with van der Waals surface area (Å²) in [6, 6.07) is 0.271. The second-order valence-corrected chi connectivity index (χ2v) is 5.35. The van der Waals surface area contributed by atoms with Crippen LogP contribution in [0.3, 0.4) is 0 Å². The van der Waals surface area contributed by atoms with E-state index in [-0.39, 0.29) is 36.3 Å². The Labute approximate surface area is 124 Å². The van der Waals surface area contributed by atoms with Gasteiger partial charge in [0.15, 0.2) is 0 Å². The van der Waals surface area contributed by atoms with Crippen LogP contribution in [0.25, 0.3) is 0 Å². The fourth-order valence-corrected chi connectivity index (χ4v) is 1.88. The third-order valence-corrected chi connectivity index (χ3v) is 3.56. The number of hydrogen-bond donors (Lipinski definition) is 1. The molecule has 0 aromatic carbocycles. The lowest BCUT2D eigenvalue weighted by Gasteiger charge is -2.19. The summed E-state index contributed by atoms with van der Waals surface area (Å²) in [5.74, 6) is -0.0915. The van der Waals surface area contributed by atoms with Gasteiger partial charge < -0.3 is 14.8 Å². The summed E-state index contributed by atoms with van der Waals surface area (Å²) >= 11 is 0. The number of likely N-dealkylation sites (N-methyl/N-ethyl adjacent to an activating group) is 1. The van der Waals surface area contributed by atoms with Crippen LogP contribution in [0.2, 0.25) is 0 Å². The van der Waals surface area contributed by atoms with Crippen molar-refractivity contribution in [1.29, 1.82) is 0 Å². The van der Waals surface area contributed by atoms with Crippen LogP contribution in [0.15, 0.2) is 15.8 Å². The molecule has 0 aliphatic heterocycles. The fourth-order valence-electron chi connectivity index (χ4n) is 1.88. The molecular weight excluding hydrogens is 272 g/mol. The molecule has 0 saturated carbocycles. The SMILES string of the molecule is CCC(C)NCC(=O)N(C)Cc1cn(C)c(=O)n(C)c1=O. The van der Waals surface area contributed by atoms with Gasteiger partial charge in [-0.1, -0.05) is 6.92 Å². The summed E-state index contributed by atoms with van der Waals surface area (Å²) in [6.45, 7) is 4.47. The number of nitrogens with zero attached hydrogens (tertiary/aromatic N) is 3. The molecule has 21 heavy (non-hydrogen) atoms. The van der Waals surface area contributed by atoms with Gasteiger partial charge in [-0.3, -0.25) is 14.2 Å². The van der Waals surface area contributed by atoms with Gasteiger partial charge in [-0.25, -0.2) is 4.79 Å². The zero-order valence-electron chi connectivity index (χ0n) is 13.3. The Bertz CT molecular complexity index is 618. The van der Waals surface area contributed by atoms with E-state index in [1.165, 1.54) is 22.7 Å². The highest BCUT2D eigenvalue weighted by molar-refractivity contribution is 5.77. The second-order valence-electron chi connectivity index (χ2n) is 5.35. The molecule has 1 aromatic heterocycles. The topological polar surface area (TPSA) is 76.3 Å². The number of aromatic nitrogens is 2. The quantitative estimate of drug-likeness (QED) is 0.763. The molecule has 7 nitrogen and oxygen atoms in total. The molecular formula is C14H24N4O3. The predicted molar refractivity (Wildman–Crippen MR) is 81.2 cm³/mol. The van der Waals surface area contributed by atoms with Crippen molar-refractivity contribution >= 4 is 5.91 Å². The van der Waals surface area contributed by atoms with E-state index in [0.29, 0.717) is 5.56 Å². The first-order valence-corrected chi connectivity index (χ1v) is 7.00. The molecule has 0 spiro atoms. The van der Waals surface area contributed by atoms with Crippen molar-refractivity contribution in [3.05, 3.63) is 32.6 Å². The fraction of sp³-hybridized carbons (Fsp3) is 0.643. The average molecular weight is 296 g/mol. The first-order chi connectivity index (χ1) is 9.77. The number of carbonyl (C=O) groups is 1. The van der Waals surface area contributed by atoms with E-state index in [2.05, 4.69) is 5.32 Å². The normalized spacial score (nSPS) is 12.2. The largest absolute Gasteiger partial charge is 0.340 e. The van der Waals surface area contributed by atoms with Crippen LogP contribution in [0, 0.1) is 0 Å². The van der Waals surface area contributed by atoms with Crippen LogP contribution in [0.1, 0.15) is 25.8 Å². The number of rotatable bonds is 6. The van der Waals surface area contributed by atoms with Gasteiger partial charge >= 0.3 is 5.69 Å². The van der Waals surface area contributed by atoms with Gasteiger partial charge in [-0.15, -0.1) is 0 Å². The lowest BCUT2D eigenvalue weighted by atomic mass is 10.2. The van der Waals surface area contributed by atoms with Gasteiger partial charge in [-0.2, -0.15) is 0 Å². The number of carbonyl (C=O) groups excluding carboxylic acids is 1. The van der Waals surface area contributed by atoms with E-state index in [1.807, 2.05) is 13.8 Å². The molecule has 1 unspecified atom stereocenters. The van der Waals surface area contributed by atoms with Crippen LogP contribution >= 0.6 is 0 Å². The standard InChI is InChI=1S/C14H24N4O3/c1-6-10(2)15-7-12(19)16(3)8-11-9-17(4)14(21)18(5)13(11)20/h9-10,15H,6-8H2,1-5H3. The molecule has 1 rings (SSSR count). The maximum Gasteiger partial charge on any atom is 0.330 e. The molecule has 1 amide bonds. The summed E-state index contributed by atoms with van der Waals surface area (Å²) in [6.07, 6.45) is 2.43. The summed E-state index contributed by atoms with van der Waals surface area (Å²) in [5.41, 5.74) is -0.331. The van der Waals surface area contributed by atoms with Crippen molar-refractivity contribution in [3.63, 3.8) is 0 Å². The molecule has 0 bridgehead atoms. The number of hydrogen-bond acceptors (Lipinski definition) is 4. The Morgan fingerprint density at radius 2 is 2.00 bits per heavy atom. The smallest absolute Gasteiger partial charge is 0.330 e. The molecule has 0 radical (unpaired) electrons. The van der Waals surface area contributed by atoms with Crippen LogP contribution in [-0.4, -0.2) is 39.6 Å². The van der Waals surface area contributed by atoms with E-state index < -0.39 is 0 Å².